The number of ether oxygens (including phenoxy) is 1. The highest BCUT2D eigenvalue weighted by molar-refractivity contribution is 5.41. The van der Waals surface area contributed by atoms with Crippen LogP contribution in [-0.4, -0.2) is 13.7 Å². The maximum absolute atomic E-state index is 5.48. The van der Waals surface area contributed by atoms with Crippen molar-refractivity contribution < 1.29 is 9.57 Å². The lowest BCUT2D eigenvalue weighted by molar-refractivity contribution is 0.0536. The Balaban J connectivity index is 2.29. The molecule has 0 fully saturated rings. The predicted molar refractivity (Wildman–Crippen MR) is 49.6 cm³/mol. The summed E-state index contributed by atoms with van der Waals surface area (Å²) in [4.78, 5) is 4.89. The van der Waals surface area contributed by atoms with Crippen molar-refractivity contribution >= 4 is 0 Å². The van der Waals surface area contributed by atoms with Crippen LogP contribution in [0.5, 0.6) is 5.75 Å². The number of benzene rings is 1. The van der Waals surface area contributed by atoms with Crippen LogP contribution in [-0.2, 0) is 4.84 Å². The second-order valence-electron chi connectivity index (χ2n) is 3.23. The van der Waals surface area contributed by atoms with Gasteiger partial charge in [0, 0.05) is 5.56 Å². The predicted octanol–water partition coefficient (Wildman–Crippen LogP) is 1.58. The van der Waals surface area contributed by atoms with Gasteiger partial charge in [-0.15, -0.1) is 0 Å². The molecule has 0 aliphatic carbocycles. The first-order valence-corrected chi connectivity index (χ1v) is 4.33. The molecule has 1 aliphatic heterocycles. The maximum atomic E-state index is 5.48. The fourth-order valence-electron chi connectivity index (χ4n) is 1.57. The molecule has 0 saturated heterocycles. The Hall–Kier alpha value is -1.06. The lowest BCUT2D eigenvalue weighted by atomic mass is 10.1. The van der Waals surface area contributed by atoms with Crippen molar-refractivity contribution in [2.24, 2.45) is 0 Å². The Morgan fingerprint density at radius 3 is 3.15 bits per heavy atom. The van der Waals surface area contributed by atoms with Crippen LogP contribution in [0.3, 0.4) is 0 Å². The van der Waals surface area contributed by atoms with Gasteiger partial charge in [-0.05, 0) is 13.0 Å². The lowest BCUT2D eigenvalue weighted by Gasteiger charge is -2.08. The molecule has 1 aromatic carbocycles. The van der Waals surface area contributed by atoms with E-state index in [9.17, 15) is 0 Å². The molecular formula is C10H13NO2. The number of hydroxylamine groups is 1. The molecule has 0 amide bonds. The molecule has 1 unspecified atom stereocenters. The molecule has 1 aliphatic rings. The molecule has 1 heterocycles. The molecule has 1 N–H and O–H groups in total. The molecule has 0 bridgehead atoms. The van der Waals surface area contributed by atoms with Crippen molar-refractivity contribution in [2.75, 3.05) is 13.7 Å². The van der Waals surface area contributed by atoms with Crippen LogP contribution < -0.4 is 10.2 Å². The topological polar surface area (TPSA) is 30.5 Å². The van der Waals surface area contributed by atoms with Gasteiger partial charge in [-0.2, -0.15) is 5.48 Å². The first kappa shape index (κ1) is 8.53. The average Bonchev–Trinajstić information content (AvgIpc) is 2.49. The minimum absolute atomic E-state index is 0.167. The minimum atomic E-state index is 0.167. The Morgan fingerprint density at radius 1 is 1.54 bits per heavy atom. The van der Waals surface area contributed by atoms with E-state index in [2.05, 4.69) is 18.5 Å². The zero-order valence-electron chi connectivity index (χ0n) is 7.83. The van der Waals surface area contributed by atoms with Crippen LogP contribution in [0.25, 0.3) is 0 Å². The summed E-state index contributed by atoms with van der Waals surface area (Å²) >= 11 is 0. The van der Waals surface area contributed by atoms with E-state index in [0.717, 1.165) is 5.75 Å². The Labute approximate surface area is 77.6 Å². The maximum Gasteiger partial charge on any atom is 0.124 e. The summed E-state index contributed by atoms with van der Waals surface area (Å²) in [6, 6.07) is 6.34. The van der Waals surface area contributed by atoms with E-state index < -0.39 is 0 Å². The monoisotopic (exact) mass is 179 g/mol. The summed E-state index contributed by atoms with van der Waals surface area (Å²) in [6.45, 7) is 2.72. The van der Waals surface area contributed by atoms with Crippen LogP contribution in [0.4, 0.5) is 0 Å². The lowest BCUT2D eigenvalue weighted by Crippen LogP contribution is -2.20. The van der Waals surface area contributed by atoms with Gasteiger partial charge in [-0.3, -0.25) is 0 Å². The van der Waals surface area contributed by atoms with Crippen LogP contribution in [0, 0.1) is 6.92 Å². The number of nitrogens with one attached hydrogen (secondary N) is 1. The summed E-state index contributed by atoms with van der Waals surface area (Å²) in [6.07, 6.45) is 0. The van der Waals surface area contributed by atoms with Crippen molar-refractivity contribution in [3.8, 4) is 5.75 Å². The Morgan fingerprint density at radius 2 is 2.38 bits per heavy atom. The quantitative estimate of drug-likeness (QED) is 0.699. The third-order valence-corrected chi connectivity index (χ3v) is 2.21. The smallest absolute Gasteiger partial charge is 0.124 e. The van der Waals surface area contributed by atoms with Crippen molar-refractivity contribution in [3.63, 3.8) is 0 Å². The highest BCUT2D eigenvalue weighted by Crippen LogP contribution is 2.32. The first-order chi connectivity index (χ1) is 6.31. The van der Waals surface area contributed by atoms with E-state index in [4.69, 9.17) is 9.57 Å². The molecule has 70 valence electrons. The number of fused-ring (bicyclic) bond motifs is 1. The summed E-state index contributed by atoms with van der Waals surface area (Å²) in [5, 5.41) is 0. The van der Waals surface area contributed by atoms with Crippen LogP contribution in [0.15, 0.2) is 18.2 Å². The standard InChI is InChI=1S/C10H13NO2/c1-7-3-4-10-8(5-7)9(6-13-10)11-12-2/h3-5,9,11H,6H2,1-2H3. The highest BCUT2D eigenvalue weighted by Gasteiger charge is 2.23. The summed E-state index contributed by atoms with van der Waals surface area (Å²) in [7, 11) is 1.62. The number of hydrogen-bond acceptors (Lipinski definition) is 3. The molecule has 13 heavy (non-hydrogen) atoms. The molecule has 3 nitrogen and oxygen atoms in total. The van der Waals surface area contributed by atoms with Gasteiger partial charge in [0.1, 0.15) is 12.4 Å². The van der Waals surface area contributed by atoms with Crippen molar-refractivity contribution in [3.05, 3.63) is 29.3 Å². The van der Waals surface area contributed by atoms with E-state index in [1.807, 2.05) is 12.1 Å². The molecule has 2 rings (SSSR count). The van der Waals surface area contributed by atoms with Gasteiger partial charge in [0.25, 0.3) is 0 Å². The zero-order valence-corrected chi connectivity index (χ0v) is 7.83. The third kappa shape index (κ3) is 1.53. The Kier molecular flexibility index (Phi) is 2.20. The normalized spacial score (nSPS) is 19.7. The van der Waals surface area contributed by atoms with Crippen molar-refractivity contribution in [1.82, 2.24) is 5.48 Å². The third-order valence-electron chi connectivity index (χ3n) is 2.21. The molecule has 1 atom stereocenters. The summed E-state index contributed by atoms with van der Waals surface area (Å²) in [5.41, 5.74) is 5.33. The van der Waals surface area contributed by atoms with E-state index in [1.165, 1.54) is 11.1 Å². The molecule has 0 spiro atoms. The van der Waals surface area contributed by atoms with E-state index in [1.54, 1.807) is 7.11 Å². The largest absolute Gasteiger partial charge is 0.491 e. The number of hydrogen-bond donors (Lipinski definition) is 1. The minimum Gasteiger partial charge on any atom is -0.491 e. The second-order valence-corrected chi connectivity index (χ2v) is 3.23. The molecular weight excluding hydrogens is 166 g/mol. The zero-order chi connectivity index (χ0) is 9.26. The molecule has 1 aromatic rings. The first-order valence-electron chi connectivity index (χ1n) is 4.33. The van der Waals surface area contributed by atoms with E-state index in [0.29, 0.717) is 6.61 Å². The summed E-state index contributed by atoms with van der Waals surface area (Å²) in [5.74, 6) is 0.958. The highest BCUT2D eigenvalue weighted by atomic mass is 16.6. The van der Waals surface area contributed by atoms with Gasteiger partial charge < -0.3 is 9.57 Å². The van der Waals surface area contributed by atoms with Gasteiger partial charge in [0.2, 0.25) is 0 Å². The summed E-state index contributed by atoms with van der Waals surface area (Å²) < 4.78 is 5.48. The second kappa shape index (κ2) is 3.36. The van der Waals surface area contributed by atoms with Crippen molar-refractivity contribution in [2.45, 2.75) is 13.0 Å². The molecule has 0 aromatic heterocycles. The molecule has 3 heteroatoms. The van der Waals surface area contributed by atoms with Crippen LogP contribution in [0.1, 0.15) is 17.2 Å². The van der Waals surface area contributed by atoms with Crippen LogP contribution >= 0.6 is 0 Å². The van der Waals surface area contributed by atoms with Gasteiger partial charge >= 0.3 is 0 Å². The van der Waals surface area contributed by atoms with Crippen LogP contribution in [0.2, 0.25) is 0 Å². The molecule has 0 radical (unpaired) electrons. The van der Waals surface area contributed by atoms with E-state index >= 15 is 0 Å². The fourth-order valence-corrected chi connectivity index (χ4v) is 1.57. The SMILES string of the molecule is CONC1COc2ccc(C)cc21. The van der Waals surface area contributed by atoms with Crippen molar-refractivity contribution in [1.29, 1.82) is 0 Å². The van der Waals surface area contributed by atoms with Gasteiger partial charge in [-0.1, -0.05) is 17.7 Å². The van der Waals surface area contributed by atoms with Gasteiger partial charge in [-0.25, -0.2) is 0 Å². The number of rotatable bonds is 2. The van der Waals surface area contributed by atoms with Gasteiger partial charge in [0.05, 0.1) is 13.2 Å². The Bertz CT molecular complexity index is 310. The molecule has 0 saturated carbocycles. The van der Waals surface area contributed by atoms with E-state index in [-0.39, 0.29) is 6.04 Å². The average molecular weight is 179 g/mol. The fraction of sp³-hybridized carbons (Fsp3) is 0.400. The number of aryl methyl sites for hydroxylation is 1. The van der Waals surface area contributed by atoms with Gasteiger partial charge in [0.15, 0.2) is 0 Å².